The molecule has 0 aliphatic heterocycles. The Labute approximate surface area is 101 Å². The zero-order valence-electron chi connectivity index (χ0n) is 10.1. The highest BCUT2D eigenvalue weighted by molar-refractivity contribution is 5.80. The summed E-state index contributed by atoms with van der Waals surface area (Å²) in [5.74, 6) is -0.401. The number of carbonyl (C=O) groups excluding carboxylic acids is 2. The number of amides is 1. The molecular weight excluding hydrogens is 216 g/mol. The molecule has 1 unspecified atom stereocenters. The standard InChI is InChI=1S/C13H18N2O2/c1-9(2)12(13(14)17)15-11(8-16)10-6-4-3-5-7-10/h3-9,11-12,15H,1-2H3,(H2,14,17)/t11?,12-/m0/s1. The zero-order valence-corrected chi connectivity index (χ0v) is 10.1. The molecule has 92 valence electrons. The minimum atomic E-state index is -0.509. The fourth-order valence-electron chi connectivity index (χ4n) is 1.67. The van der Waals surface area contributed by atoms with Crippen LogP contribution >= 0.6 is 0 Å². The van der Waals surface area contributed by atoms with E-state index in [0.29, 0.717) is 0 Å². The van der Waals surface area contributed by atoms with Crippen LogP contribution in [0.5, 0.6) is 0 Å². The fourth-order valence-corrected chi connectivity index (χ4v) is 1.67. The highest BCUT2D eigenvalue weighted by Crippen LogP contribution is 2.13. The summed E-state index contributed by atoms with van der Waals surface area (Å²) in [6.45, 7) is 3.77. The summed E-state index contributed by atoms with van der Waals surface area (Å²) in [4.78, 5) is 22.3. The predicted octanol–water partition coefficient (Wildman–Crippen LogP) is 1.03. The quantitative estimate of drug-likeness (QED) is 0.722. The van der Waals surface area contributed by atoms with E-state index in [1.54, 1.807) is 0 Å². The van der Waals surface area contributed by atoms with E-state index in [4.69, 9.17) is 5.73 Å². The van der Waals surface area contributed by atoms with E-state index in [0.717, 1.165) is 11.8 Å². The molecule has 0 heterocycles. The van der Waals surface area contributed by atoms with E-state index in [-0.39, 0.29) is 5.92 Å². The number of carbonyl (C=O) groups is 2. The van der Waals surface area contributed by atoms with Crippen LogP contribution in [0.15, 0.2) is 30.3 Å². The van der Waals surface area contributed by atoms with Crippen LogP contribution in [0.25, 0.3) is 0 Å². The molecule has 4 heteroatoms. The Kier molecular flexibility index (Phi) is 4.84. The Hall–Kier alpha value is -1.68. The number of primary amides is 1. The average Bonchev–Trinajstić information content (AvgIpc) is 2.30. The third-order valence-electron chi connectivity index (χ3n) is 2.63. The van der Waals surface area contributed by atoms with E-state index >= 15 is 0 Å². The molecule has 1 aromatic carbocycles. The molecule has 0 fully saturated rings. The monoisotopic (exact) mass is 234 g/mol. The lowest BCUT2D eigenvalue weighted by molar-refractivity contribution is -0.121. The van der Waals surface area contributed by atoms with Crippen LogP contribution in [-0.2, 0) is 9.59 Å². The third-order valence-corrected chi connectivity index (χ3v) is 2.63. The van der Waals surface area contributed by atoms with Gasteiger partial charge in [-0.25, -0.2) is 0 Å². The molecule has 0 saturated carbocycles. The van der Waals surface area contributed by atoms with Crippen molar-refractivity contribution in [2.75, 3.05) is 0 Å². The van der Waals surface area contributed by atoms with Gasteiger partial charge >= 0.3 is 0 Å². The molecule has 1 amide bonds. The van der Waals surface area contributed by atoms with Gasteiger partial charge in [-0.05, 0) is 11.5 Å². The number of nitrogens with one attached hydrogen (secondary N) is 1. The van der Waals surface area contributed by atoms with Crippen molar-refractivity contribution >= 4 is 12.2 Å². The average molecular weight is 234 g/mol. The number of benzene rings is 1. The summed E-state index contributed by atoms with van der Waals surface area (Å²) in [5.41, 5.74) is 6.13. The normalized spacial score (nSPS) is 14.3. The lowest BCUT2D eigenvalue weighted by Crippen LogP contribution is -2.46. The fraction of sp³-hybridized carbons (Fsp3) is 0.385. The molecule has 0 bridgehead atoms. The SMILES string of the molecule is CC(C)[C@H](NC(C=O)c1ccccc1)C(N)=O. The van der Waals surface area contributed by atoms with Crippen molar-refractivity contribution in [2.24, 2.45) is 11.7 Å². The van der Waals surface area contributed by atoms with Crippen LogP contribution < -0.4 is 11.1 Å². The molecule has 3 N–H and O–H groups in total. The summed E-state index contributed by atoms with van der Waals surface area (Å²) in [5, 5.41) is 2.98. The van der Waals surface area contributed by atoms with Crippen molar-refractivity contribution in [3.63, 3.8) is 0 Å². The first kappa shape index (κ1) is 13.4. The lowest BCUT2D eigenvalue weighted by Gasteiger charge is -2.23. The van der Waals surface area contributed by atoms with Crippen LogP contribution in [0.1, 0.15) is 25.5 Å². The smallest absolute Gasteiger partial charge is 0.234 e. The molecule has 0 spiro atoms. The zero-order chi connectivity index (χ0) is 12.8. The third kappa shape index (κ3) is 3.67. The number of nitrogens with two attached hydrogens (primary N) is 1. The van der Waals surface area contributed by atoms with E-state index in [1.165, 1.54) is 0 Å². The van der Waals surface area contributed by atoms with Gasteiger partial charge in [0.2, 0.25) is 5.91 Å². The van der Waals surface area contributed by atoms with Gasteiger partial charge in [0.25, 0.3) is 0 Å². The first-order valence-corrected chi connectivity index (χ1v) is 5.62. The van der Waals surface area contributed by atoms with Gasteiger partial charge in [0.15, 0.2) is 0 Å². The molecule has 0 aromatic heterocycles. The molecule has 0 saturated heterocycles. The van der Waals surface area contributed by atoms with Crippen molar-refractivity contribution in [3.05, 3.63) is 35.9 Å². The largest absolute Gasteiger partial charge is 0.368 e. The van der Waals surface area contributed by atoms with Crippen molar-refractivity contribution < 1.29 is 9.59 Å². The number of hydrogen-bond acceptors (Lipinski definition) is 3. The van der Waals surface area contributed by atoms with Crippen LogP contribution in [0.3, 0.4) is 0 Å². The van der Waals surface area contributed by atoms with Crippen LogP contribution in [-0.4, -0.2) is 18.2 Å². The molecule has 2 atom stereocenters. The minimum Gasteiger partial charge on any atom is -0.368 e. The van der Waals surface area contributed by atoms with Gasteiger partial charge in [0.1, 0.15) is 6.29 Å². The molecule has 1 rings (SSSR count). The summed E-state index contributed by atoms with van der Waals surface area (Å²) in [6.07, 6.45) is 0.785. The topological polar surface area (TPSA) is 72.2 Å². The highest BCUT2D eigenvalue weighted by atomic mass is 16.1. The van der Waals surface area contributed by atoms with Gasteiger partial charge in [-0.3, -0.25) is 10.1 Å². The van der Waals surface area contributed by atoms with Crippen molar-refractivity contribution in [1.82, 2.24) is 5.32 Å². The summed E-state index contributed by atoms with van der Waals surface area (Å²) >= 11 is 0. The predicted molar refractivity (Wildman–Crippen MR) is 66.2 cm³/mol. The Morgan fingerprint density at radius 1 is 1.29 bits per heavy atom. The van der Waals surface area contributed by atoms with Crippen LogP contribution in [0.2, 0.25) is 0 Å². The van der Waals surface area contributed by atoms with Gasteiger partial charge in [-0.2, -0.15) is 0 Å². The van der Waals surface area contributed by atoms with Gasteiger partial charge in [0, 0.05) is 0 Å². The Balaban J connectivity index is 2.83. The second kappa shape index (κ2) is 6.15. The molecular formula is C13H18N2O2. The van der Waals surface area contributed by atoms with E-state index in [9.17, 15) is 9.59 Å². The summed E-state index contributed by atoms with van der Waals surface area (Å²) in [7, 11) is 0. The molecule has 1 aromatic rings. The molecule has 0 aliphatic rings. The van der Waals surface area contributed by atoms with Gasteiger partial charge in [0.05, 0.1) is 12.1 Å². The molecule has 17 heavy (non-hydrogen) atoms. The number of hydrogen-bond donors (Lipinski definition) is 2. The lowest BCUT2D eigenvalue weighted by atomic mass is 10.0. The van der Waals surface area contributed by atoms with Gasteiger partial charge in [-0.15, -0.1) is 0 Å². The number of rotatable bonds is 6. The molecule has 0 radical (unpaired) electrons. The highest BCUT2D eigenvalue weighted by Gasteiger charge is 2.23. The molecule has 0 aliphatic carbocycles. The Morgan fingerprint density at radius 3 is 2.29 bits per heavy atom. The van der Waals surface area contributed by atoms with E-state index in [2.05, 4.69) is 5.32 Å². The maximum Gasteiger partial charge on any atom is 0.234 e. The van der Waals surface area contributed by atoms with Gasteiger partial charge < -0.3 is 10.5 Å². The second-order valence-corrected chi connectivity index (χ2v) is 4.32. The van der Waals surface area contributed by atoms with E-state index in [1.807, 2.05) is 44.2 Å². The number of aldehydes is 1. The summed E-state index contributed by atoms with van der Waals surface area (Å²) < 4.78 is 0. The molecule has 4 nitrogen and oxygen atoms in total. The van der Waals surface area contributed by atoms with Crippen molar-refractivity contribution in [2.45, 2.75) is 25.9 Å². The summed E-state index contributed by atoms with van der Waals surface area (Å²) in [6, 6.07) is 8.24. The maximum atomic E-state index is 11.3. The van der Waals surface area contributed by atoms with Crippen molar-refractivity contribution in [3.8, 4) is 0 Å². The Bertz CT molecular complexity index is 376. The maximum absolute atomic E-state index is 11.3. The van der Waals surface area contributed by atoms with Crippen LogP contribution in [0.4, 0.5) is 0 Å². The van der Waals surface area contributed by atoms with Gasteiger partial charge in [-0.1, -0.05) is 44.2 Å². The van der Waals surface area contributed by atoms with Crippen LogP contribution in [0, 0.1) is 5.92 Å². The Morgan fingerprint density at radius 2 is 1.88 bits per heavy atom. The second-order valence-electron chi connectivity index (χ2n) is 4.32. The first-order valence-electron chi connectivity index (χ1n) is 5.62. The minimum absolute atomic E-state index is 0.0404. The first-order chi connectivity index (χ1) is 8.06. The van der Waals surface area contributed by atoms with E-state index < -0.39 is 18.0 Å². The van der Waals surface area contributed by atoms with Crippen molar-refractivity contribution in [1.29, 1.82) is 0 Å².